The van der Waals surface area contributed by atoms with Gasteiger partial charge in [0.25, 0.3) is 0 Å². The summed E-state index contributed by atoms with van der Waals surface area (Å²) in [6, 6.07) is -3.79. The summed E-state index contributed by atoms with van der Waals surface area (Å²) in [7, 11) is 1.19. The van der Waals surface area contributed by atoms with Crippen LogP contribution in [0.4, 0.5) is 4.79 Å². The number of primary amides is 1. The standard InChI is InChI=1S/C44H77N5O14S/c1-28(39(54)49-31(38(45)53)24-25-33(51)58-9)47-40(55)29(2)60-36-35-32(27-59-43(7,8)62-35)61-44(57,37(36)48-30(3)50)64-34(52)23-21-19-17-15-13-11-10-12-14-16-18-20-22-26-46-41(56)63-42(4,5)6/h28-29,31-32,35-37,57H,10-27H2,1-9H3,(H2,45,53)(H,46,56)(H,47,55)(H,48,50)(H,49,54)/t28-,29+,31-,32+,35+,36-,37+,44?/m0/s1. The Hall–Kier alpha value is -3.56. The molecular formula is C44H77N5O14S. The Labute approximate surface area is 383 Å². The lowest BCUT2D eigenvalue weighted by Crippen LogP contribution is -2.73. The number of amides is 5. The van der Waals surface area contributed by atoms with Crippen molar-refractivity contribution in [1.82, 2.24) is 21.3 Å². The number of nitrogens with one attached hydrogen (secondary N) is 4. The van der Waals surface area contributed by atoms with Gasteiger partial charge in [-0.05, 0) is 79.5 Å². The minimum absolute atomic E-state index is 0.0627. The predicted octanol–water partition coefficient (Wildman–Crippen LogP) is 4.14. The molecule has 368 valence electrons. The second-order valence-electron chi connectivity index (χ2n) is 18.1. The molecule has 0 bridgehead atoms. The highest BCUT2D eigenvalue weighted by molar-refractivity contribution is 8.14. The Morgan fingerprint density at radius 1 is 0.828 bits per heavy atom. The zero-order chi connectivity index (χ0) is 48.1. The molecule has 64 heavy (non-hydrogen) atoms. The van der Waals surface area contributed by atoms with Crippen molar-refractivity contribution >= 4 is 52.6 Å². The molecule has 2 heterocycles. The van der Waals surface area contributed by atoms with Gasteiger partial charge in [0.2, 0.25) is 28.7 Å². The molecule has 0 aromatic rings. The number of hydrogen-bond acceptors (Lipinski definition) is 15. The van der Waals surface area contributed by atoms with Crippen LogP contribution in [0.3, 0.4) is 0 Å². The smallest absolute Gasteiger partial charge is 0.407 e. The van der Waals surface area contributed by atoms with E-state index in [2.05, 4.69) is 26.0 Å². The second kappa shape index (κ2) is 27.8. The third-order valence-electron chi connectivity index (χ3n) is 10.6. The number of fused-ring (bicyclic) bond motifs is 1. The average Bonchev–Trinajstić information content (AvgIpc) is 3.19. The van der Waals surface area contributed by atoms with Crippen molar-refractivity contribution in [2.75, 3.05) is 20.3 Å². The molecule has 1 unspecified atom stereocenters. The van der Waals surface area contributed by atoms with Crippen LogP contribution < -0.4 is 27.0 Å². The molecule has 0 aromatic carbocycles. The van der Waals surface area contributed by atoms with E-state index in [1.54, 1.807) is 13.8 Å². The van der Waals surface area contributed by atoms with Crippen LogP contribution in [0.15, 0.2) is 0 Å². The van der Waals surface area contributed by atoms with Gasteiger partial charge in [0.05, 0.1) is 13.7 Å². The number of thioether (sulfide) groups is 1. The number of hydrogen-bond donors (Lipinski definition) is 6. The summed E-state index contributed by atoms with van der Waals surface area (Å²) in [5.74, 6) is -4.70. The average molecular weight is 932 g/mol. The zero-order valence-electron chi connectivity index (χ0n) is 39.5. The molecule has 7 N–H and O–H groups in total. The van der Waals surface area contributed by atoms with Gasteiger partial charge in [0.15, 0.2) is 10.9 Å². The van der Waals surface area contributed by atoms with Crippen LogP contribution in [-0.2, 0) is 57.2 Å². The van der Waals surface area contributed by atoms with Crippen molar-refractivity contribution in [2.24, 2.45) is 5.73 Å². The summed E-state index contributed by atoms with van der Waals surface area (Å²) in [4.78, 5) is 87.5. The van der Waals surface area contributed by atoms with E-state index in [-0.39, 0.29) is 37.1 Å². The van der Waals surface area contributed by atoms with Crippen LogP contribution >= 0.6 is 11.8 Å². The lowest BCUT2D eigenvalue weighted by molar-refractivity contribution is -0.376. The van der Waals surface area contributed by atoms with Crippen molar-refractivity contribution in [3.63, 3.8) is 0 Å². The van der Waals surface area contributed by atoms with Gasteiger partial charge in [-0.2, -0.15) is 0 Å². The van der Waals surface area contributed by atoms with E-state index in [1.807, 2.05) is 20.8 Å². The highest BCUT2D eigenvalue weighted by Crippen LogP contribution is 2.43. The minimum atomic E-state index is -2.33. The summed E-state index contributed by atoms with van der Waals surface area (Å²) in [6.45, 7) is 13.4. The fourth-order valence-electron chi connectivity index (χ4n) is 7.22. The number of rotatable bonds is 28. The first kappa shape index (κ1) is 56.6. The summed E-state index contributed by atoms with van der Waals surface area (Å²) < 4.78 is 34.1. The van der Waals surface area contributed by atoms with Crippen molar-refractivity contribution in [3.8, 4) is 0 Å². The van der Waals surface area contributed by atoms with Crippen LogP contribution in [0.25, 0.3) is 0 Å². The fourth-order valence-corrected chi connectivity index (χ4v) is 8.28. The SMILES string of the molecule is COC(=O)CC[C@H](NC(=O)[C@H](C)NC(=O)[C@@H](C)O[C@H]1[C@@H]2OC(C)(C)OC[C@H]2OC(O)(SC(=O)CCCCCCCCCCCCCCCNC(=O)OC(C)(C)C)[C@@H]1NC(C)=O)C(N)=O. The first-order valence-corrected chi connectivity index (χ1v) is 23.6. The highest BCUT2D eigenvalue weighted by Gasteiger charge is 2.60. The summed E-state index contributed by atoms with van der Waals surface area (Å²) in [5, 5.41) is 19.7. The predicted molar refractivity (Wildman–Crippen MR) is 238 cm³/mol. The van der Waals surface area contributed by atoms with Gasteiger partial charge in [0, 0.05) is 26.3 Å². The quantitative estimate of drug-likeness (QED) is 0.0366. The van der Waals surface area contributed by atoms with Gasteiger partial charge in [-0.3, -0.25) is 28.8 Å². The topological polar surface area (TPSA) is 269 Å². The van der Waals surface area contributed by atoms with Crippen molar-refractivity contribution in [3.05, 3.63) is 0 Å². The van der Waals surface area contributed by atoms with Gasteiger partial charge in [-0.15, -0.1) is 0 Å². The van der Waals surface area contributed by atoms with Crippen molar-refractivity contribution in [1.29, 1.82) is 0 Å². The number of alkyl carbamates (subject to hydrolysis) is 1. The minimum Gasteiger partial charge on any atom is -0.469 e. The normalized spacial score (nSPS) is 23.0. The first-order valence-electron chi connectivity index (χ1n) is 22.8. The lowest BCUT2D eigenvalue weighted by Gasteiger charge is -2.54. The van der Waals surface area contributed by atoms with E-state index >= 15 is 0 Å². The maximum atomic E-state index is 13.4. The van der Waals surface area contributed by atoms with E-state index in [0.29, 0.717) is 24.7 Å². The molecule has 0 aliphatic carbocycles. The molecule has 0 aromatic heterocycles. The van der Waals surface area contributed by atoms with Crippen LogP contribution in [-0.4, -0.2) is 125 Å². The molecule has 2 aliphatic rings. The molecule has 0 spiro atoms. The maximum Gasteiger partial charge on any atom is 0.407 e. The number of aliphatic hydroxyl groups is 1. The molecule has 8 atom stereocenters. The van der Waals surface area contributed by atoms with Crippen LogP contribution in [0.1, 0.15) is 158 Å². The number of carbonyl (C=O) groups is 7. The number of esters is 1. The molecule has 2 rings (SSSR count). The zero-order valence-corrected chi connectivity index (χ0v) is 40.3. The Bertz CT molecular complexity index is 1530. The molecule has 20 heteroatoms. The summed E-state index contributed by atoms with van der Waals surface area (Å²) in [6.07, 6.45) is 8.63. The second-order valence-corrected chi connectivity index (χ2v) is 19.3. The van der Waals surface area contributed by atoms with Crippen molar-refractivity contribution < 1.29 is 67.1 Å². The van der Waals surface area contributed by atoms with E-state index < -0.39 is 88.6 Å². The molecular weight excluding hydrogens is 855 g/mol. The molecule has 2 aliphatic heterocycles. The van der Waals surface area contributed by atoms with Gasteiger partial charge in [0.1, 0.15) is 48.1 Å². The first-order chi connectivity index (χ1) is 30.0. The number of methoxy groups -OCH3 is 1. The molecule has 19 nitrogen and oxygen atoms in total. The number of carbonyl (C=O) groups excluding carboxylic acids is 7. The van der Waals surface area contributed by atoms with E-state index in [1.165, 1.54) is 53.6 Å². The molecule has 0 radical (unpaired) electrons. The van der Waals surface area contributed by atoms with Gasteiger partial charge in [-0.1, -0.05) is 70.6 Å². The third kappa shape index (κ3) is 21.6. The maximum absolute atomic E-state index is 13.4. The van der Waals surface area contributed by atoms with Gasteiger partial charge in [-0.25, -0.2) is 4.79 Å². The van der Waals surface area contributed by atoms with Crippen molar-refractivity contribution in [2.45, 2.75) is 217 Å². The summed E-state index contributed by atoms with van der Waals surface area (Å²) in [5.41, 5.74) is 4.91. The molecule has 2 fully saturated rings. The summed E-state index contributed by atoms with van der Waals surface area (Å²) >= 11 is 0.533. The fraction of sp³-hybridized carbons (Fsp3) is 0.841. The Morgan fingerprint density at radius 3 is 1.92 bits per heavy atom. The Kier molecular flexibility index (Phi) is 24.6. The molecule has 5 amide bonds. The highest BCUT2D eigenvalue weighted by atomic mass is 32.2. The number of unbranched alkanes of at least 4 members (excludes halogenated alkanes) is 12. The largest absolute Gasteiger partial charge is 0.469 e. The van der Waals surface area contributed by atoms with Crippen LogP contribution in [0, 0.1) is 0 Å². The van der Waals surface area contributed by atoms with Crippen LogP contribution in [0.5, 0.6) is 0 Å². The number of nitrogens with two attached hydrogens (primary N) is 1. The van der Waals surface area contributed by atoms with E-state index in [0.717, 1.165) is 51.4 Å². The van der Waals surface area contributed by atoms with Gasteiger partial charge < -0.3 is 60.5 Å². The van der Waals surface area contributed by atoms with Crippen LogP contribution in [0.2, 0.25) is 0 Å². The van der Waals surface area contributed by atoms with E-state index in [9.17, 15) is 38.7 Å². The molecule has 2 saturated heterocycles. The van der Waals surface area contributed by atoms with E-state index in [4.69, 9.17) is 29.4 Å². The number of ether oxygens (including phenoxy) is 6. The monoisotopic (exact) mass is 932 g/mol. The Balaban J connectivity index is 1.88. The van der Waals surface area contributed by atoms with Gasteiger partial charge >= 0.3 is 12.1 Å². The lowest BCUT2D eigenvalue weighted by atomic mass is 9.94. The third-order valence-corrected chi connectivity index (χ3v) is 11.7. The Morgan fingerprint density at radius 2 is 1.39 bits per heavy atom. The molecule has 0 saturated carbocycles.